The first-order valence-corrected chi connectivity index (χ1v) is 7.46. The Kier molecular flexibility index (Phi) is 3.60. The molecule has 1 aliphatic rings. The molecule has 0 aromatic carbocycles. The van der Waals surface area contributed by atoms with E-state index in [2.05, 4.69) is 38.6 Å². The lowest BCUT2D eigenvalue weighted by atomic mass is 9.96. The standard InChI is InChI=1S/C15H13IN2O2/c1-2-20-12-4-9(3-11(19)6-12)10-5-13-14(16)8-18-15(13)17-7-10/h4-8H,2-3H2,1H3,(H,17,18). The SMILES string of the molecule is CCOC1=CC(=O)CC(c2cnc3[nH]cc(I)c3c2)=C1. The van der Waals surface area contributed by atoms with Crippen LogP contribution in [0.15, 0.2) is 36.4 Å². The molecule has 2 aromatic heterocycles. The number of ketones is 1. The van der Waals surface area contributed by atoms with Crippen LogP contribution in [0, 0.1) is 3.57 Å². The van der Waals surface area contributed by atoms with Crippen molar-refractivity contribution in [3.63, 3.8) is 0 Å². The summed E-state index contributed by atoms with van der Waals surface area (Å²) in [6.07, 6.45) is 7.59. The summed E-state index contributed by atoms with van der Waals surface area (Å²) in [5, 5.41) is 1.07. The van der Waals surface area contributed by atoms with E-state index < -0.39 is 0 Å². The fourth-order valence-corrected chi connectivity index (χ4v) is 2.81. The number of carbonyl (C=O) groups excluding carboxylic acids is 1. The third-order valence-electron chi connectivity index (χ3n) is 3.15. The van der Waals surface area contributed by atoms with Gasteiger partial charge in [-0.2, -0.15) is 0 Å². The maximum atomic E-state index is 11.8. The van der Waals surface area contributed by atoms with Gasteiger partial charge in [0, 0.05) is 33.8 Å². The van der Waals surface area contributed by atoms with Crippen LogP contribution in [0.2, 0.25) is 0 Å². The number of rotatable bonds is 3. The minimum absolute atomic E-state index is 0.0646. The molecule has 3 rings (SSSR count). The Bertz CT molecular complexity index is 743. The zero-order valence-electron chi connectivity index (χ0n) is 10.9. The van der Waals surface area contributed by atoms with Gasteiger partial charge in [0.05, 0.1) is 6.61 Å². The van der Waals surface area contributed by atoms with Crippen molar-refractivity contribution >= 4 is 45.0 Å². The van der Waals surface area contributed by atoms with E-state index in [1.54, 1.807) is 12.3 Å². The Hall–Kier alpha value is -1.63. The number of pyridine rings is 1. The minimum atomic E-state index is 0.0646. The molecule has 0 amide bonds. The van der Waals surface area contributed by atoms with Crippen LogP contribution in [0.4, 0.5) is 0 Å². The van der Waals surface area contributed by atoms with Crippen LogP contribution in [-0.2, 0) is 9.53 Å². The summed E-state index contributed by atoms with van der Waals surface area (Å²) in [6.45, 7) is 2.46. The molecule has 1 N–H and O–H groups in total. The lowest BCUT2D eigenvalue weighted by Gasteiger charge is -2.13. The maximum absolute atomic E-state index is 11.8. The lowest BCUT2D eigenvalue weighted by molar-refractivity contribution is -0.113. The Morgan fingerprint density at radius 2 is 2.30 bits per heavy atom. The summed E-state index contributed by atoms with van der Waals surface area (Å²) >= 11 is 2.27. The predicted molar refractivity (Wildman–Crippen MR) is 86.1 cm³/mol. The summed E-state index contributed by atoms with van der Waals surface area (Å²) in [7, 11) is 0. The highest BCUT2D eigenvalue weighted by Crippen LogP contribution is 2.28. The summed E-state index contributed by atoms with van der Waals surface area (Å²) in [5.41, 5.74) is 2.78. The number of H-pyrrole nitrogens is 1. The Morgan fingerprint density at radius 1 is 1.45 bits per heavy atom. The molecular weight excluding hydrogens is 367 g/mol. The number of aromatic amines is 1. The summed E-state index contributed by atoms with van der Waals surface area (Å²) in [4.78, 5) is 19.3. The number of nitrogens with one attached hydrogen (secondary N) is 1. The Balaban J connectivity index is 2.03. The molecule has 5 heteroatoms. The number of halogens is 1. The number of carbonyl (C=O) groups is 1. The minimum Gasteiger partial charge on any atom is -0.494 e. The summed E-state index contributed by atoms with van der Waals surface area (Å²) in [5.74, 6) is 0.692. The molecule has 0 radical (unpaired) electrons. The van der Waals surface area contributed by atoms with Crippen molar-refractivity contribution in [2.75, 3.05) is 6.61 Å². The van der Waals surface area contributed by atoms with Gasteiger partial charge in [-0.1, -0.05) is 0 Å². The second kappa shape index (κ2) is 5.40. The van der Waals surface area contributed by atoms with Crippen LogP contribution < -0.4 is 0 Å². The van der Waals surface area contributed by atoms with Crippen molar-refractivity contribution in [2.24, 2.45) is 0 Å². The van der Waals surface area contributed by atoms with Crippen LogP contribution in [0.5, 0.6) is 0 Å². The van der Waals surface area contributed by atoms with Crippen molar-refractivity contribution in [1.29, 1.82) is 0 Å². The molecule has 0 spiro atoms. The number of hydrogen-bond acceptors (Lipinski definition) is 3. The van der Waals surface area contributed by atoms with Crippen molar-refractivity contribution < 1.29 is 9.53 Å². The highest BCUT2D eigenvalue weighted by atomic mass is 127. The zero-order chi connectivity index (χ0) is 14.1. The van der Waals surface area contributed by atoms with E-state index >= 15 is 0 Å². The first-order valence-electron chi connectivity index (χ1n) is 6.38. The molecule has 0 saturated carbocycles. The van der Waals surface area contributed by atoms with Gasteiger partial charge in [-0.3, -0.25) is 4.79 Å². The van der Waals surface area contributed by atoms with Crippen molar-refractivity contribution in [3.8, 4) is 0 Å². The van der Waals surface area contributed by atoms with Gasteiger partial charge in [0.2, 0.25) is 0 Å². The molecule has 0 saturated heterocycles. The molecule has 2 heterocycles. The van der Waals surface area contributed by atoms with Crippen LogP contribution in [0.1, 0.15) is 18.9 Å². The van der Waals surface area contributed by atoms with Gasteiger partial charge >= 0.3 is 0 Å². The van der Waals surface area contributed by atoms with Gasteiger partial charge in [0.1, 0.15) is 11.4 Å². The molecule has 1 aliphatic carbocycles. The van der Waals surface area contributed by atoms with E-state index in [-0.39, 0.29) is 5.78 Å². The van der Waals surface area contributed by atoms with Gasteiger partial charge < -0.3 is 9.72 Å². The Morgan fingerprint density at radius 3 is 3.10 bits per heavy atom. The number of nitrogens with zero attached hydrogens (tertiary/aromatic N) is 1. The molecule has 0 aliphatic heterocycles. The van der Waals surface area contributed by atoms with Crippen LogP contribution in [0.25, 0.3) is 16.6 Å². The largest absolute Gasteiger partial charge is 0.494 e. The summed E-state index contributed by atoms with van der Waals surface area (Å²) < 4.78 is 6.56. The first kappa shape index (κ1) is 13.4. The van der Waals surface area contributed by atoms with E-state index in [0.717, 1.165) is 25.7 Å². The predicted octanol–water partition coefficient (Wildman–Crippen LogP) is 3.44. The van der Waals surface area contributed by atoms with E-state index in [9.17, 15) is 4.79 Å². The van der Waals surface area contributed by atoms with E-state index in [4.69, 9.17) is 4.74 Å². The third kappa shape index (κ3) is 2.49. The topological polar surface area (TPSA) is 55.0 Å². The molecule has 0 atom stereocenters. The average Bonchev–Trinajstić information content (AvgIpc) is 2.80. The smallest absolute Gasteiger partial charge is 0.163 e. The molecule has 0 unspecified atom stereocenters. The molecule has 2 aromatic rings. The van der Waals surface area contributed by atoms with E-state index in [1.807, 2.05) is 19.2 Å². The normalized spacial score (nSPS) is 15.2. The van der Waals surface area contributed by atoms with Gasteiger partial charge in [0.15, 0.2) is 5.78 Å². The van der Waals surface area contributed by atoms with Crippen molar-refractivity contribution in [3.05, 3.63) is 45.5 Å². The molecule has 102 valence electrons. The van der Waals surface area contributed by atoms with Crippen molar-refractivity contribution in [2.45, 2.75) is 13.3 Å². The highest BCUT2D eigenvalue weighted by Gasteiger charge is 2.15. The van der Waals surface area contributed by atoms with Crippen LogP contribution in [0.3, 0.4) is 0 Å². The molecule has 20 heavy (non-hydrogen) atoms. The van der Waals surface area contributed by atoms with E-state index in [1.165, 1.54) is 0 Å². The average molecular weight is 380 g/mol. The quantitative estimate of drug-likeness (QED) is 0.831. The Labute approximate surface area is 130 Å². The van der Waals surface area contributed by atoms with Gasteiger partial charge in [-0.05, 0) is 52.8 Å². The van der Waals surface area contributed by atoms with Crippen molar-refractivity contribution in [1.82, 2.24) is 9.97 Å². The van der Waals surface area contributed by atoms with Crippen LogP contribution >= 0.6 is 22.6 Å². The number of hydrogen-bond donors (Lipinski definition) is 1. The molecule has 4 nitrogen and oxygen atoms in total. The van der Waals surface area contributed by atoms with Gasteiger partial charge in [-0.15, -0.1) is 0 Å². The second-order valence-electron chi connectivity index (χ2n) is 4.55. The monoisotopic (exact) mass is 380 g/mol. The lowest BCUT2D eigenvalue weighted by Crippen LogP contribution is -2.05. The fraction of sp³-hybridized carbons (Fsp3) is 0.200. The molecule has 0 fully saturated rings. The summed E-state index contributed by atoms with van der Waals surface area (Å²) in [6, 6.07) is 2.06. The second-order valence-corrected chi connectivity index (χ2v) is 5.71. The van der Waals surface area contributed by atoms with E-state index in [0.29, 0.717) is 18.8 Å². The van der Waals surface area contributed by atoms with Gasteiger partial charge in [-0.25, -0.2) is 4.98 Å². The molecular formula is C15H13IN2O2. The van der Waals surface area contributed by atoms with Gasteiger partial charge in [0.25, 0.3) is 0 Å². The number of ether oxygens (including phenoxy) is 1. The number of allylic oxidation sites excluding steroid dienone is 3. The third-order valence-corrected chi connectivity index (χ3v) is 4.04. The number of fused-ring (bicyclic) bond motifs is 1. The fourth-order valence-electron chi connectivity index (χ4n) is 2.24. The number of aromatic nitrogens is 2. The highest BCUT2D eigenvalue weighted by molar-refractivity contribution is 14.1. The first-order chi connectivity index (χ1) is 9.67. The van der Waals surface area contributed by atoms with Crippen LogP contribution in [-0.4, -0.2) is 22.4 Å². The maximum Gasteiger partial charge on any atom is 0.163 e. The zero-order valence-corrected chi connectivity index (χ0v) is 13.1. The molecule has 0 bridgehead atoms.